The highest BCUT2D eigenvalue weighted by atomic mass is 16.3. The molecule has 3 aromatic rings. The van der Waals surface area contributed by atoms with Crippen LogP contribution in [-0.2, 0) is 0 Å². The van der Waals surface area contributed by atoms with Crippen LogP contribution in [0.15, 0.2) is 42.9 Å². The van der Waals surface area contributed by atoms with Crippen molar-refractivity contribution in [3.8, 4) is 0 Å². The summed E-state index contributed by atoms with van der Waals surface area (Å²) in [6.45, 7) is 2.20. The lowest BCUT2D eigenvalue weighted by Crippen LogP contribution is -2.46. The Bertz CT molecular complexity index is 959. The zero-order valence-corrected chi connectivity index (χ0v) is 16.2. The van der Waals surface area contributed by atoms with Gasteiger partial charge in [0.25, 0.3) is 5.91 Å². The summed E-state index contributed by atoms with van der Waals surface area (Å²) in [5.74, 6) is 0.137. The highest BCUT2D eigenvalue weighted by molar-refractivity contribution is 6.14. The van der Waals surface area contributed by atoms with Crippen molar-refractivity contribution >= 4 is 22.8 Å². The molecule has 0 unspecified atom stereocenters. The van der Waals surface area contributed by atoms with E-state index in [0.717, 1.165) is 42.1 Å². The number of aryl methyl sites for hydroxylation is 1. The number of carbonyl (C=O) groups is 1. The minimum absolute atomic E-state index is 0.190. The number of anilines is 1. The SMILES string of the molecule is Cc1cccc2[nH]cc(C(=O)N(CC3(O)CCCCCC3)c3ncccn3)c12. The van der Waals surface area contributed by atoms with Gasteiger partial charge in [-0.05, 0) is 37.5 Å². The summed E-state index contributed by atoms with van der Waals surface area (Å²) in [4.78, 5) is 26.9. The second-order valence-corrected chi connectivity index (χ2v) is 7.78. The Hall–Kier alpha value is -2.73. The summed E-state index contributed by atoms with van der Waals surface area (Å²) in [6.07, 6.45) is 10.6. The van der Waals surface area contributed by atoms with E-state index < -0.39 is 5.60 Å². The number of nitrogens with zero attached hydrogens (tertiary/aromatic N) is 3. The third-order valence-corrected chi connectivity index (χ3v) is 5.67. The van der Waals surface area contributed by atoms with Gasteiger partial charge in [-0.25, -0.2) is 9.97 Å². The van der Waals surface area contributed by atoms with Gasteiger partial charge in [-0.15, -0.1) is 0 Å². The molecule has 1 fully saturated rings. The smallest absolute Gasteiger partial charge is 0.262 e. The van der Waals surface area contributed by atoms with Gasteiger partial charge in [0.2, 0.25) is 5.95 Å². The van der Waals surface area contributed by atoms with E-state index >= 15 is 0 Å². The van der Waals surface area contributed by atoms with E-state index in [0.29, 0.717) is 24.4 Å². The highest BCUT2D eigenvalue weighted by Gasteiger charge is 2.35. The summed E-state index contributed by atoms with van der Waals surface area (Å²) in [7, 11) is 0. The minimum atomic E-state index is -0.910. The third-order valence-electron chi connectivity index (χ3n) is 5.67. The second-order valence-electron chi connectivity index (χ2n) is 7.78. The maximum absolute atomic E-state index is 13.6. The van der Waals surface area contributed by atoms with Crippen LogP contribution in [0.1, 0.15) is 54.4 Å². The van der Waals surface area contributed by atoms with Crippen LogP contribution in [0, 0.1) is 6.92 Å². The van der Waals surface area contributed by atoms with Gasteiger partial charge in [-0.1, -0.05) is 37.8 Å². The number of hydrogen-bond donors (Lipinski definition) is 2. The van der Waals surface area contributed by atoms with E-state index in [-0.39, 0.29) is 12.5 Å². The molecule has 1 amide bonds. The number of aromatic amines is 1. The van der Waals surface area contributed by atoms with Crippen molar-refractivity contribution in [3.05, 3.63) is 54.0 Å². The molecular weight excluding hydrogens is 352 g/mol. The molecule has 2 N–H and O–H groups in total. The zero-order valence-electron chi connectivity index (χ0n) is 16.2. The molecule has 0 spiro atoms. The summed E-state index contributed by atoms with van der Waals surface area (Å²) >= 11 is 0. The van der Waals surface area contributed by atoms with Crippen LogP contribution in [0.3, 0.4) is 0 Å². The van der Waals surface area contributed by atoms with Crippen LogP contribution in [0.25, 0.3) is 10.9 Å². The first-order valence-corrected chi connectivity index (χ1v) is 9.95. The van der Waals surface area contributed by atoms with E-state index in [1.165, 1.54) is 0 Å². The minimum Gasteiger partial charge on any atom is -0.388 e. The lowest BCUT2D eigenvalue weighted by atomic mass is 9.93. The predicted molar refractivity (Wildman–Crippen MR) is 109 cm³/mol. The Labute approximate surface area is 164 Å². The van der Waals surface area contributed by atoms with Gasteiger partial charge in [0, 0.05) is 29.5 Å². The van der Waals surface area contributed by atoms with Crippen LogP contribution in [0.2, 0.25) is 0 Å². The van der Waals surface area contributed by atoms with Crippen LogP contribution in [-0.4, -0.2) is 38.1 Å². The number of carbonyl (C=O) groups excluding carboxylic acids is 1. The Morgan fingerprint density at radius 2 is 1.86 bits per heavy atom. The molecule has 4 rings (SSSR count). The molecule has 0 radical (unpaired) electrons. The Morgan fingerprint density at radius 1 is 1.14 bits per heavy atom. The van der Waals surface area contributed by atoms with E-state index in [4.69, 9.17) is 0 Å². The molecule has 0 bridgehead atoms. The largest absolute Gasteiger partial charge is 0.388 e. The second kappa shape index (κ2) is 7.72. The topological polar surface area (TPSA) is 82.1 Å². The van der Waals surface area contributed by atoms with Crippen LogP contribution in [0.4, 0.5) is 5.95 Å². The lowest BCUT2D eigenvalue weighted by molar-refractivity contribution is 0.0307. The molecule has 2 aromatic heterocycles. The molecule has 1 saturated carbocycles. The van der Waals surface area contributed by atoms with Crippen molar-refractivity contribution in [2.45, 2.75) is 51.0 Å². The van der Waals surface area contributed by atoms with Crippen molar-refractivity contribution in [2.24, 2.45) is 0 Å². The Kier molecular flexibility index (Phi) is 5.13. The molecule has 0 saturated heterocycles. The Balaban J connectivity index is 1.73. The van der Waals surface area contributed by atoms with E-state index in [1.54, 1.807) is 29.6 Å². The van der Waals surface area contributed by atoms with Crippen LogP contribution in [0.5, 0.6) is 0 Å². The number of nitrogens with one attached hydrogen (secondary N) is 1. The van der Waals surface area contributed by atoms with Gasteiger partial charge in [-0.3, -0.25) is 9.69 Å². The molecule has 6 heteroatoms. The number of aliphatic hydroxyl groups is 1. The van der Waals surface area contributed by atoms with E-state index in [2.05, 4.69) is 15.0 Å². The molecular formula is C22H26N4O2. The zero-order chi connectivity index (χ0) is 19.6. The van der Waals surface area contributed by atoms with Crippen molar-refractivity contribution in [2.75, 3.05) is 11.4 Å². The molecule has 1 aromatic carbocycles. The molecule has 146 valence electrons. The van der Waals surface area contributed by atoms with Crippen LogP contribution >= 0.6 is 0 Å². The van der Waals surface area contributed by atoms with Gasteiger partial charge in [0.05, 0.1) is 17.7 Å². The number of amides is 1. The van der Waals surface area contributed by atoms with E-state index in [9.17, 15) is 9.90 Å². The van der Waals surface area contributed by atoms with Crippen molar-refractivity contribution in [3.63, 3.8) is 0 Å². The number of rotatable bonds is 4. The maximum Gasteiger partial charge on any atom is 0.262 e. The quantitative estimate of drug-likeness (QED) is 0.672. The predicted octanol–water partition coefficient (Wildman–Crippen LogP) is 4.00. The number of H-pyrrole nitrogens is 1. The van der Waals surface area contributed by atoms with Crippen molar-refractivity contribution in [1.29, 1.82) is 0 Å². The summed E-state index contributed by atoms with van der Waals surface area (Å²) in [6, 6.07) is 7.65. The summed E-state index contributed by atoms with van der Waals surface area (Å²) < 4.78 is 0. The van der Waals surface area contributed by atoms with Crippen molar-refractivity contribution in [1.82, 2.24) is 15.0 Å². The molecule has 2 heterocycles. The maximum atomic E-state index is 13.6. The van der Waals surface area contributed by atoms with Gasteiger partial charge in [-0.2, -0.15) is 0 Å². The highest BCUT2D eigenvalue weighted by Crippen LogP contribution is 2.30. The number of fused-ring (bicyclic) bond motifs is 1. The van der Waals surface area contributed by atoms with Gasteiger partial charge in [0.15, 0.2) is 0 Å². The summed E-state index contributed by atoms with van der Waals surface area (Å²) in [5.41, 5.74) is 1.62. The average Bonchev–Trinajstić information content (AvgIpc) is 3.03. The Morgan fingerprint density at radius 3 is 2.57 bits per heavy atom. The standard InChI is InChI=1S/C22H26N4O2/c1-16-8-6-9-18-19(16)17(14-25-18)20(27)26(21-23-12-7-13-24-21)15-22(28)10-4-2-3-5-11-22/h6-9,12-14,25,28H,2-5,10-11,15H2,1H3. The first-order chi connectivity index (χ1) is 13.6. The number of benzene rings is 1. The van der Waals surface area contributed by atoms with Gasteiger partial charge in [0.1, 0.15) is 0 Å². The normalized spacial score (nSPS) is 16.6. The average molecular weight is 378 g/mol. The molecule has 1 aliphatic rings. The first kappa shape index (κ1) is 18.6. The lowest BCUT2D eigenvalue weighted by Gasteiger charge is -2.32. The third kappa shape index (κ3) is 3.64. The van der Waals surface area contributed by atoms with Crippen molar-refractivity contribution < 1.29 is 9.90 Å². The fraction of sp³-hybridized carbons (Fsp3) is 0.409. The summed E-state index contributed by atoms with van der Waals surface area (Å²) in [5, 5.41) is 12.1. The monoisotopic (exact) mass is 378 g/mol. The molecule has 0 atom stereocenters. The fourth-order valence-corrected chi connectivity index (χ4v) is 4.18. The first-order valence-electron chi connectivity index (χ1n) is 9.95. The number of hydrogen-bond acceptors (Lipinski definition) is 4. The van der Waals surface area contributed by atoms with E-state index in [1.807, 2.05) is 25.1 Å². The number of aromatic nitrogens is 3. The molecule has 6 nitrogen and oxygen atoms in total. The van der Waals surface area contributed by atoms with Gasteiger partial charge >= 0.3 is 0 Å². The van der Waals surface area contributed by atoms with Gasteiger partial charge < -0.3 is 10.1 Å². The van der Waals surface area contributed by atoms with Crippen LogP contribution < -0.4 is 4.90 Å². The fourth-order valence-electron chi connectivity index (χ4n) is 4.18. The molecule has 1 aliphatic carbocycles. The molecule has 28 heavy (non-hydrogen) atoms. The molecule has 0 aliphatic heterocycles.